The van der Waals surface area contributed by atoms with Crippen LogP contribution < -0.4 is 5.32 Å². The highest BCUT2D eigenvalue weighted by atomic mass is 79.9. The monoisotopic (exact) mass is 510 g/mol. The van der Waals surface area contributed by atoms with E-state index in [0.29, 0.717) is 35.5 Å². The number of aryl methyl sites for hydroxylation is 1. The standard InChI is InChI=1S/C26H24BrFN2O3/c1-16-7-12-22(21(27)15-16)29-25(31)23-19-5-3-4-6-20(19)26(32)30(13-14-33-2)24(23)17-8-10-18(28)11-9-17/h3-12,15,23-24H,13-14H2,1-2H3,(H,29,31). The van der Waals surface area contributed by atoms with Crippen LogP contribution in [0.15, 0.2) is 71.2 Å². The first-order valence-corrected chi connectivity index (χ1v) is 11.4. The van der Waals surface area contributed by atoms with E-state index in [4.69, 9.17) is 4.74 Å². The molecule has 2 atom stereocenters. The van der Waals surface area contributed by atoms with E-state index in [2.05, 4.69) is 21.2 Å². The molecule has 1 N–H and O–H groups in total. The van der Waals surface area contributed by atoms with Gasteiger partial charge >= 0.3 is 0 Å². The number of halogens is 2. The van der Waals surface area contributed by atoms with Gasteiger partial charge in [-0.05, 0) is 69.9 Å². The molecule has 1 heterocycles. The number of carbonyl (C=O) groups excluding carboxylic acids is 2. The van der Waals surface area contributed by atoms with E-state index in [1.165, 1.54) is 12.1 Å². The Bertz CT molecular complexity index is 1180. The predicted octanol–water partition coefficient (Wildman–Crippen LogP) is 5.46. The molecule has 0 fully saturated rings. The number of amides is 2. The van der Waals surface area contributed by atoms with Gasteiger partial charge in [0.25, 0.3) is 5.91 Å². The molecule has 170 valence electrons. The van der Waals surface area contributed by atoms with Gasteiger partial charge in [0.05, 0.1) is 24.3 Å². The van der Waals surface area contributed by atoms with E-state index in [-0.39, 0.29) is 17.6 Å². The lowest BCUT2D eigenvalue weighted by atomic mass is 9.79. The molecule has 0 spiro atoms. The van der Waals surface area contributed by atoms with Crippen LogP contribution in [-0.2, 0) is 9.53 Å². The average Bonchev–Trinajstić information content (AvgIpc) is 2.80. The number of anilines is 1. The number of ether oxygens (including phenoxy) is 1. The fourth-order valence-electron chi connectivity index (χ4n) is 4.27. The van der Waals surface area contributed by atoms with Gasteiger partial charge in [-0.3, -0.25) is 9.59 Å². The molecule has 0 bridgehead atoms. The maximum absolute atomic E-state index is 13.8. The molecule has 0 radical (unpaired) electrons. The number of carbonyl (C=O) groups is 2. The van der Waals surface area contributed by atoms with E-state index in [0.717, 1.165) is 10.0 Å². The molecule has 7 heteroatoms. The molecule has 3 aromatic rings. The van der Waals surface area contributed by atoms with Gasteiger partial charge in [-0.25, -0.2) is 4.39 Å². The van der Waals surface area contributed by atoms with Crippen molar-refractivity contribution in [2.45, 2.75) is 18.9 Å². The molecule has 2 amide bonds. The summed E-state index contributed by atoms with van der Waals surface area (Å²) in [5.41, 5.74) is 3.50. The summed E-state index contributed by atoms with van der Waals surface area (Å²) in [4.78, 5) is 28.9. The zero-order valence-corrected chi connectivity index (χ0v) is 19.9. The smallest absolute Gasteiger partial charge is 0.254 e. The summed E-state index contributed by atoms with van der Waals surface area (Å²) in [5, 5.41) is 3.02. The van der Waals surface area contributed by atoms with Gasteiger partial charge in [-0.2, -0.15) is 0 Å². The normalized spacial score (nSPS) is 17.6. The summed E-state index contributed by atoms with van der Waals surface area (Å²) >= 11 is 3.52. The first kappa shape index (κ1) is 23.1. The Morgan fingerprint density at radius 1 is 1.12 bits per heavy atom. The Kier molecular flexibility index (Phi) is 6.91. The maximum Gasteiger partial charge on any atom is 0.254 e. The molecule has 3 aromatic carbocycles. The Labute approximate surface area is 200 Å². The summed E-state index contributed by atoms with van der Waals surface area (Å²) in [6.07, 6.45) is 0. The second-order valence-corrected chi connectivity index (χ2v) is 8.88. The van der Waals surface area contributed by atoms with Crippen molar-refractivity contribution >= 4 is 33.4 Å². The Balaban J connectivity index is 1.83. The summed E-state index contributed by atoms with van der Waals surface area (Å²) in [5.74, 6) is -1.52. The van der Waals surface area contributed by atoms with Crippen LogP contribution in [0.25, 0.3) is 0 Å². The zero-order valence-electron chi connectivity index (χ0n) is 18.3. The molecule has 0 aromatic heterocycles. The largest absolute Gasteiger partial charge is 0.383 e. The second-order valence-electron chi connectivity index (χ2n) is 8.03. The van der Waals surface area contributed by atoms with Crippen LogP contribution in [0.3, 0.4) is 0 Å². The molecule has 2 unspecified atom stereocenters. The molecule has 0 saturated carbocycles. The third-order valence-corrected chi connectivity index (χ3v) is 6.51. The SMILES string of the molecule is COCCN1C(=O)c2ccccc2C(C(=O)Nc2ccc(C)cc2Br)C1c1ccc(F)cc1. The van der Waals surface area contributed by atoms with Crippen LogP contribution in [0.5, 0.6) is 0 Å². The zero-order chi connectivity index (χ0) is 23.5. The van der Waals surface area contributed by atoms with Gasteiger partial charge in [0, 0.05) is 23.7 Å². The van der Waals surface area contributed by atoms with Crippen molar-refractivity contribution in [2.75, 3.05) is 25.6 Å². The van der Waals surface area contributed by atoms with Crippen molar-refractivity contribution in [3.63, 3.8) is 0 Å². The molecular weight excluding hydrogens is 487 g/mol. The van der Waals surface area contributed by atoms with E-state index in [1.807, 2.05) is 37.3 Å². The van der Waals surface area contributed by atoms with Crippen LogP contribution in [0.4, 0.5) is 10.1 Å². The molecule has 0 saturated heterocycles. The Hall–Kier alpha value is -3.03. The minimum Gasteiger partial charge on any atom is -0.383 e. The number of nitrogens with one attached hydrogen (secondary N) is 1. The molecular formula is C26H24BrFN2O3. The quantitative estimate of drug-likeness (QED) is 0.478. The molecule has 4 rings (SSSR count). The molecule has 0 aliphatic carbocycles. The number of nitrogens with zero attached hydrogens (tertiary/aromatic N) is 1. The van der Waals surface area contributed by atoms with Gasteiger partial charge in [-0.15, -0.1) is 0 Å². The van der Waals surface area contributed by atoms with Gasteiger partial charge in [0.2, 0.25) is 5.91 Å². The van der Waals surface area contributed by atoms with Crippen molar-refractivity contribution in [1.29, 1.82) is 0 Å². The molecule has 1 aliphatic rings. The molecule has 1 aliphatic heterocycles. The molecule has 33 heavy (non-hydrogen) atoms. The number of fused-ring (bicyclic) bond motifs is 1. The summed E-state index contributed by atoms with van der Waals surface area (Å²) < 4.78 is 19.7. The summed E-state index contributed by atoms with van der Waals surface area (Å²) in [6, 6.07) is 18.2. The lowest BCUT2D eigenvalue weighted by Crippen LogP contribution is -2.47. The first-order valence-electron chi connectivity index (χ1n) is 10.6. The van der Waals surface area contributed by atoms with Crippen LogP contribution >= 0.6 is 15.9 Å². The van der Waals surface area contributed by atoms with Gasteiger partial charge in [-0.1, -0.05) is 36.4 Å². The van der Waals surface area contributed by atoms with Crippen LogP contribution in [-0.4, -0.2) is 37.0 Å². The highest BCUT2D eigenvalue weighted by molar-refractivity contribution is 9.10. The minimum atomic E-state index is -0.700. The van der Waals surface area contributed by atoms with Gasteiger partial charge in [0.15, 0.2) is 0 Å². The van der Waals surface area contributed by atoms with Crippen LogP contribution in [0.2, 0.25) is 0 Å². The van der Waals surface area contributed by atoms with Crippen molar-refractivity contribution in [1.82, 2.24) is 4.90 Å². The second kappa shape index (κ2) is 9.85. The van der Waals surface area contributed by atoms with Crippen LogP contribution in [0, 0.1) is 12.7 Å². The summed E-state index contributed by atoms with van der Waals surface area (Å²) in [7, 11) is 1.56. The number of methoxy groups -OCH3 is 1. The number of rotatable bonds is 6. The van der Waals surface area contributed by atoms with Gasteiger partial charge in [0.1, 0.15) is 5.82 Å². The van der Waals surface area contributed by atoms with Crippen molar-refractivity contribution in [3.8, 4) is 0 Å². The van der Waals surface area contributed by atoms with Crippen LogP contribution in [0.1, 0.15) is 39.0 Å². The van der Waals surface area contributed by atoms with E-state index >= 15 is 0 Å². The lowest BCUT2D eigenvalue weighted by molar-refractivity contribution is -0.119. The lowest BCUT2D eigenvalue weighted by Gasteiger charge is -2.41. The fraction of sp³-hybridized carbons (Fsp3) is 0.231. The maximum atomic E-state index is 13.8. The molecule has 5 nitrogen and oxygen atoms in total. The highest BCUT2D eigenvalue weighted by Gasteiger charge is 2.44. The van der Waals surface area contributed by atoms with E-state index < -0.39 is 12.0 Å². The van der Waals surface area contributed by atoms with Crippen molar-refractivity contribution < 1.29 is 18.7 Å². The third kappa shape index (κ3) is 4.70. The average molecular weight is 511 g/mol. The summed E-state index contributed by atoms with van der Waals surface area (Å²) in [6.45, 7) is 2.57. The number of hydrogen-bond acceptors (Lipinski definition) is 3. The highest BCUT2D eigenvalue weighted by Crippen LogP contribution is 2.43. The van der Waals surface area contributed by atoms with Crippen molar-refractivity contribution in [2.24, 2.45) is 0 Å². The Morgan fingerprint density at radius 2 is 1.85 bits per heavy atom. The fourth-order valence-corrected chi connectivity index (χ4v) is 4.87. The predicted molar refractivity (Wildman–Crippen MR) is 129 cm³/mol. The third-order valence-electron chi connectivity index (χ3n) is 5.85. The van der Waals surface area contributed by atoms with E-state index in [1.54, 1.807) is 36.3 Å². The van der Waals surface area contributed by atoms with Crippen molar-refractivity contribution in [3.05, 3.63) is 99.3 Å². The Morgan fingerprint density at radius 3 is 2.55 bits per heavy atom. The minimum absolute atomic E-state index is 0.183. The first-order chi connectivity index (χ1) is 15.9. The van der Waals surface area contributed by atoms with Gasteiger partial charge < -0.3 is 15.0 Å². The number of benzene rings is 3. The topological polar surface area (TPSA) is 58.6 Å². The number of hydrogen-bond donors (Lipinski definition) is 1. The van der Waals surface area contributed by atoms with E-state index in [9.17, 15) is 14.0 Å².